The summed E-state index contributed by atoms with van der Waals surface area (Å²) >= 11 is 0. The van der Waals surface area contributed by atoms with E-state index in [9.17, 15) is 0 Å². The van der Waals surface area contributed by atoms with Crippen LogP contribution in [0.25, 0.3) is 0 Å². The number of aromatic nitrogens is 2. The summed E-state index contributed by atoms with van der Waals surface area (Å²) in [5.74, 6) is 1.61. The molecule has 1 aromatic carbocycles. The highest BCUT2D eigenvalue weighted by atomic mass is 15.2. The Bertz CT molecular complexity index is 514. The summed E-state index contributed by atoms with van der Waals surface area (Å²) in [6, 6.07) is 8.54. The molecule has 0 amide bonds. The third kappa shape index (κ3) is 3.85. The quantitative estimate of drug-likeness (QED) is 0.858. The lowest BCUT2D eigenvalue weighted by molar-refractivity contribution is 0.526. The van der Waals surface area contributed by atoms with Crippen LogP contribution in [-0.2, 0) is 13.0 Å². The van der Waals surface area contributed by atoms with Crippen LogP contribution in [-0.4, -0.2) is 16.1 Å². The molecule has 2 aromatic rings. The molecule has 102 valence electrons. The first kappa shape index (κ1) is 13.7. The maximum absolute atomic E-state index is 4.37. The predicted molar refractivity (Wildman–Crippen MR) is 80.4 cm³/mol. The minimum absolute atomic E-state index is 0.631. The molecule has 3 nitrogen and oxygen atoms in total. The van der Waals surface area contributed by atoms with E-state index >= 15 is 0 Å². The second-order valence-electron chi connectivity index (χ2n) is 5.40. The second-order valence-corrected chi connectivity index (χ2v) is 5.40. The fourth-order valence-electron chi connectivity index (χ4n) is 2.22. The molecule has 19 heavy (non-hydrogen) atoms. The zero-order chi connectivity index (χ0) is 13.7. The molecule has 2 rings (SSSR count). The van der Waals surface area contributed by atoms with Crippen LogP contribution >= 0.6 is 0 Å². The SMILES string of the molecule is Cc1ccccc1CCNc1nccn1CC(C)C. The van der Waals surface area contributed by atoms with E-state index < -0.39 is 0 Å². The number of hydrogen-bond donors (Lipinski definition) is 1. The zero-order valence-electron chi connectivity index (χ0n) is 12.1. The van der Waals surface area contributed by atoms with Crippen molar-refractivity contribution >= 4 is 5.95 Å². The van der Waals surface area contributed by atoms with E-state index in [0.29, 0.717) is 5.92 Å². The van der Waals surface area contributed by atoms with Gasteiger partial charge in [0.1, 0.15) is 0 Å². The summed E-state index contributed by atoms with van der Waals surface area (Å²) in [6.45, 7) is 8.52. The number of hydrogen-bond acceptors (Lipinski definition) is 2. The van der Waals surface area contributed by atoms with Crippen LogP contribution in [0.3, 0.4) is 0 Å². The molecule has 3 heteroatoms. The van der Waals surface area contributed by atoms with Crippen molar-refractivity contribution in [3.8, 4) is 0 Å². The average molecular weight is 257 g/mol. The highest BCUT2D eigenvalue weighted by molar-refractivity contribution is 5.29. The Balaban J connectivity index is 1.89. The molecule has 0 fully saturated rings. The van der Waals surface area contributed by atoms with Crippen molar-refractivity contribution in [3.05, 3.63) is 47.8 Å². The van der Waals surface area contributed by atoms with Crippen LogP contribution in [0.5, 0.6) is 0 Å². The molecule has 0 aliphatic rings. The zero-order valence-corrected chi connectivity index (χ0v) is 12.1. The van der Waals surface area contributed by atoms with E-state index in [1.165, 1.54) is 11.1 Å². The van der Waals surface area contributed by atoms with E-state index in [1.54, 1.807) is 0 Å². The molecule has 1 aromatic heterocycles. The first-order valence-corrected chi connectivity index (χ1v) is 6.96. The van der Waals surface area contributed by atoms with Crippen molar-refractivity contribution < 1.29 is 0 Å². The van der Waals surface area contributed by atoms with Crippen molar-refractivity contribution in [1.29, 1.82) is 0 Å². The summed E-state index contributed by atoms with van der Waals surface area (Å²) in [5.41, 5.74) is 2.76. The van der Waals surface area contributed by atoms with E-state index in [1.807, 2.05) is 12.4 Å². The van der Waals surface area contributed by atoms with E-state index in [0.717, 1.165) is 25.5 Å². The highest BCUT2D eigenvalue weighted by Crippen LogP contribution is 2.10. The van der Waals surface area contributed by atoms with Gasteiger partial charge in [0.25, 0.3) is 0 Å². The summed E-state index contributed by atoms with van der Waals surface area (Å²) in [6.07, 6.45) is 4.93. The molecule has 0 aliphatic heterocycles. The van der Waals surface area contributed by atoms with E-state index in [4.69, 9.17) is 0 Å². The van der Waals surface area contributed by atoms with Gasteiger partial charge < -0.3 is 9.88 Å². The Morgan fingerprint density at radius 1 is 1.26 bits per heavy atom. The first-order valence-electron chi connectivity index (χ1n) is 6.96. The summed E-state index contributed by atoms with van der Waals surface area (Å²) < 4.78 is 2.18. The largest absolute Gasteiger partial charge is 0.355 e. The molecule has 0 aliphatic carbocycles. The monoisotopic (exact) mass is 257 g/mol. The molecule has 0 saturated carbocycles. The fraction of sp³-hybridized carbons (Fsp3) is 0.438. The Kier molecular flexibility index (Phi) is 4.61. The van der Waals surface area contributed by atoms with E-state index in [-0.39, 0.29) is 0 Å². The minimum atomic E-state index is 0.631. The number of aryl methyl sites for hydroxylation is 1. The third-order valence-corrected chi connectivity index (χ3v) is 3.22. The molecule has 0 radical (unpaired) electrons. The Labute approximate surface area is 115 Å². The van der Waals surface area contributed by atoms with Gasteiger partial charge in [-0.1, -0.05) is 38.1 Å². The molecule has 0 spiro atoms. The number of nitrogens with one attached hydrogen (secondary N) is 1. The van der Waals surface area contributed by atoms with Gasteiger partial charge in [0.05, 0.1) is 0 Å². The van der Waals surface area contributed by atoms with Gasteiger partial charge in [-0.15, -0.1) is 0 Å². The lowest BCUT2D eigenvalue weighted by Gasteiger charge is -2.12. The second kappa shape index (κ2) is 6.41. The minimum Gasteiger partial charge on any atom is -0.355 e. The van der Waals surface area contributed by atoms with Gasteiger partial charge in [0, 0.05) is 25.5 Å². The third-order valence-electron chi connectivity index (χ3n) is 3.22. The summed E-state index contributed by atoms with van der Waals surface area (Å²) in [5, 5.41) is 3.43. The lowest BCUT2D eigenvalue weighted by atomic mass is 10.1. The molecule has 0 saturated heterocycles. The molecular formula is C16H23N3. The van der Waals surface area contributed by atoms with Crippen LogP contribution in [0.15, 0.2) is 36.7 Å². The maximum atomic E-state index is 4.37. The number of imidazole rings is 1. The smallest absolute Gasteiger partial charge is 0.202 e. The standard InChI is InChI=1S/C16H23N3/c1-13(2)12-19-11-10-18-16(19)17-9-8-15-7-5-4-6-14(15)3/h4-7,10-11,13H,8-9,12H2,1-3H3,(H,17,18). The van der Waals surface area contributed by atoms with Crippen LogP contribution in [0.2, 0.25) is 0 Å². The van der Waals surface area contributed by atoms with Crippen LogP contribution in [0, 0.1) is 12.8 Å². The van der Waals surface area contributed by atoms with Gasteiger partial charge >= 0.3 is 0 Å². The molecule has 1 N–H and O–H groups in total. The summed E-state index contributed by atoms with van der Waals surface area (Å²) in [4.78, 5) is 4.37. The average Bonchev–Trinajstić information content (AvgIpc) is 2.78. The van der Waals surface area contributed by atoms with Gasteiger partial charge in [-0.2, -0.15) is 0 Å². The summed E-state index contributed by atoms with van der Waals surface area (Å²) in [7, 11) is 0. The fourth-order valence-corrected chi connectivity index (χ4v) is 2.22. The van der Waals surface area contributed by atoms with Gasteiger partial charge in [0.2, 0.25) is 5.95 Å². The van der Waals surface area contributed by atoms with Crippen LogP contribution in [0.4, 0.5) is 5.95 Å². The van der Waals surface area contributed by atoms with Crippen molar-refractivity contribution in [2.45, 2.75) is 33.7 Å². The highest BCUT2D eigenvalue weighted by Gasteiger charge is 2.04. The Morgan fingerprint density at radius 3 is 2.79 bits per heavy atom. The normalized spacial score (nSPS) is 10.9. The lowest BCUT2D eigenvalue weighted by Crippen LogP contribution is -2.12. The number of benzene rings is 1. The van der Waals surface area contributed by atoms with Crippen molar-refractivity contribution in [2.75, 3.05) is 11.9 Å². The Morgan fingerprint density at radius 2 is 2.05 bits per heavy atom. The van der Waals surface area contributed by atoms with Crippen LogP contribution < -0.4 is 5.32 Å². The van der Waals surface area contributed by atoms with Crippen molar-refractivity contribution in [2.24, 2.45) is 5.92 Å². The molecule has 0 atom stereocenters. The Hall–Kier alpha value is -1.77. The number of rotatable bonds is 6. The van der Waals surface area contributed by atoms with Crippen LogP contribution in [0.1, 0.15) is 25.0 Å². The van der Waals surface area contributed by atoms with Gasteiger partial charge in [-0.25, -0.2) is 4.98 Å². The van der Waals surface area contributed by atoms with Crippen molar-refractivity contribution in [3.63, 3.8) is 0 Å². The molecule has 0 unspecified atom stereocenters. The number of anilines is 1. The number of nitrogens with zero attached hydrogens (tertiary/aromatic N) is 2. The van der Waals surface area contributed by atoms with E-state index in [2.05, 4.69) is 59.9 Å². The molecule has 1 heterocycles. The van der Waals surface area contributed by atoms with Gasteiger partial charge in [-0.05, 0) is 30.4 Å². The van der Waals surface area contributed by atoms with Gasteiger partial charge in [0.15, 0.2) is 0 Å². The van der Waals surface area contributed by atoms with Gasteiger partial charge in [-0.3, -0.25) is 0 Å². The first-order chi connectivity index (χ1) is 9.16. The molecular weight excluding hydrogens is 234 g/mol. The van der Waals surface area contributed by atoms with Crippen molar-refractivity contribution in [1.82, 2.24) is 9.55 Å². The molecule has 0 bridgehead atoms. The predicted octanol–water partition coefficient (Wildman–Crippen LogP) is 3.50. The maximum Gasteiger partial charge on any atom is 0.202 e. The topological polar surface area (TPSA) is 29.9 Å².